The zero-order chi connectivity index (χ0) is 22.5. The van der Waals surface area contributed by atoms with Gasteiger partial charge >= 0.3 is 5.97 Å². The fourth-order valence-corrected chi connectivity index (χ4v) is 3.46. The fourth-order valence-electron chi connectivity index (χ4n) is 2.35. The summed E-state index contributed by atoms with van der Waals surface area (Å²) < 4.78 is 31.5. The maximum atomic E-state index is 12.3. The van der Waals surface area contributed by atoms with E-state index in [0.717, 1.165) is 6.07 Å². The molecule has 0 aliphatic rings. The molecule has 0 radical (unpaired) electrons. The van der Waals surface area contributed by atoms with Crippen molar-refractivity contribution < 1.29 is 27.7 Å². The van der Waals surface area contributed by atoms with Gasteiger partial charge in [-0.25, -0.2) is 8.42 Å². The zero-order valence-electron chi connectivity index (χ0n) is 16.0. The molecule has 0 spiro atoms. The Balaban J connectivity index is 1.99. The number of halogens is 1. The number of hydrogen-bond donors (Lipinski definition) is 1. The van der Waals surface area contributed by atoms with Gasteiger partial charge in [-0.05, 0) is 36.4 Å². The summed E-state index contributed by atoms with van der Waals surface area (Å²) >= 11 is 5.73. The van der Waals surface area contributed by atoms with Gasteiger partial charge in [0, 0.05) is 30.7 Å². The van der Waals surface area contributed by atoms with Gasteiger partial charge in [0.1, 0.15) is 12.2 Å². The Labute approximate surface area is 177 Å². The molecule has 2 aromatic rings. The molecule has 0 heterocycles. The highest BCUT2D eigenvalue weighted by Crippen LogP contribution is 2.29. The first-order valence-corrected chi connectivity index (χ1v) is 10.3. The first-order valence-electron chi connectivity index (χ1n) is 8.41. The van der Waals surface area contributed by atoms with Gasteiger partial charge in [-0.15, -0.1) is 0 Å². The van der Waals surface area contributed by atoms with E-state index in [2.05, 4.69) is 0 Å². The van der Waals surface area contributed by atoms with Crippen LogP contribution >= 0.6 is 11.6 Å². The number of rotatable bonds is 9. The summed E-state index contributed by atoms with van der Waals surface area (Å²) in [5.41, 5.74) is 0.0964. The minimum Gasteiger partial charge on any atom is -0.456 e. The molecule has 12 heteroatoms. The Hall–Kier alpha value is -3.02. The van der Waals surface area contributed by atoms with Gasteiger partial charge in [-0.2, -0.15) is 4.72 Å². The molecule has 30 heavy (non-hydrogen) atoms. The third kappa shape index (κ3) is 5.99. The smallest absolute Gasteiger partial charge is 0.321 e. The second-order valence-electron chi connectivity index (χ2n) is 6.22. The molecule has 1 N–H and O–H groups in total. The van der Waals surface area contributed by atoms with Crippen LogP contribution in [0.1, 0.15) is 10.4 Å². The monoisotopic (exact) mass is 455 g/mol. The Morgan fingerprint density at radius 1 is 1.17 bits per heavy atom. The van der Waals surface area contributed by atoms with Crippen molar-refractivity contribution in [3.8, 4) is 0 Å². The molecule has 0 aromatic heterocycles. The lowest BCUT2D eigenvalue weighted by Crippen LogP contribution is -2.31. The van der Waals surface area contributed by atoms with Gasteiger partial charge in [0.25, 0.3) is 5.69 Å². The molecule has 10 nitrogen and oxygen atoms in total. The van der Waals surface area contributed by atoms with E-state index in [1.807, 2.05) is 4.72 Å². The standard InChI is InChI=1S/C18H18ClN3O7S/c1-21(2)15-8-7-14(9-16(15)22(25)26)30(27,28)20-10-18(24)29-11-17(23)12-3-5-13(19)6-4-12/h3-9,20H,10-11H2,1-2H3. The van der Waals surface area contributed by atoms with Crippen LogP contribution in [0.5, 0.6) is 0 Å². The summed E-state index contributed by atoms with van der Waals surface area (Å²) in [4.78, 5) is 35.3. The molecule has 2 aromatic carbocycles. The summed E-state index contributed by atoms with van der Waals surface area (Å²) in [5, 5.41) is 11.6. The third-order valence-electron chi connectivity index (χ3n) is 3.87. The number of carbonyl (C=O) groups is 2. The molecule has 0 aliphatic heterocycles. The highest BCUT2D eigenvalue weighted by atomic mass is 35.5. The number of ketones is 1. The van der Waals surface area contributed by atoms with Crippen molar-refractivity contribution in [2.75, 3.05) is 32.1 Å². The predicted molar refractivity (Wildman–Crippen MR) is 109 cm³/mol. The molecular weight excluding hydrogens is 438 g/mol. The third-order valence-corrected chi connectivity index (χ3v) is 5.52. The van der Waals surface area contributed by atoms with Crippen LogP contribution in [0.2, 0.25) is 5.02 Å². The molecule has 0 aliphatic carbocycles. The highest BCUT2D eigenvalue weighted by molar-refractivity contribution is 7.89. The van der Waals surface area contributed by atoms with Crippen molar-refractivity contribution >= 4 is 44.8 Å². The summed E-state index contributed by atoms with van der Waals surface area (Å²) in [5.74, 6) is -1.47. The van der Waals surface area contributed by atoms with Gasteiger partial charge in [0.2, 0.25) is 10.0 Å². The van der Waals surface area contributed by atoms with Crippen LogP contribution in [0, 0.1) is 10.1 Å². The van der Waals surface area contributed by atoms with Crippen molar-refractivity contribution in [2.24, 2.45) is 0 Å². The number of carbonyl (C=O) groups excluding carboxylic acids is 2. The lowest BCUT2D eigenvalue weighted by atomic mass is 10.1. The van der Waals surface area contributed by atoms with Crippen molar-refractivity contribution in [3.63, 3.8) is 0 Å². The van der Waals surface area contributed by atoms with E-state index < -0.39 is 45.5 Å². The number of Topliss-reactive ketones (excluding diaryl/α,β-unsaturated/α-hetero) is 1. The Morgan fingerprint density at radius 3 is 2.37 bits per heavy atom. The molecule has 0 atom stereocenters. The van der Waals surface area contributed by atoms with Crippen LogP contribution < -0.4 is 9.62 Å². The Bertz CT molecular complexity index is 1070. The number of ether oxygens (including phenoxy) is 1. The SMILES string of the molecule is CN(C)c1ccc(S(=O)(=O)NCC(=O)OCC(=O)c2ccc(Cl)cc2)cc1[N+](=O)[O-]. The first kappa shape index (κ1) is 23.3. The van der Waals surface area contributed by atoms with Crippen LogP contribution in [0.25, 0.3) is 0 Å². The molecular formula is C18H18ClN3O7S. The van der Waals surface area contributed by atoms with Crippen LogP contribution in [0.15, 0.2) is 47.4 Å². The number of sulfonamides is 1. The summed E-state index contributed by atoms with van der Waals surface area (Å²) in [6.45, 7) is -1.33. The average Bonchev–Trinajstić information content (AvgIpc) is 2.70. The van der Waals surface area contributed by atoms with Gasteiger partial charge in [-0.1, -0.05) is 11.6 Å². The number of nitro groups is 1. The highest BCUT2D eigenvalue weighted by Gasteiger charge is 2.23. The number of nitro benzene ring substituents is 1. The van der Waals surface area contributed by atoms with Gasteiger partial charge in [-0.3, -0.25) is 19.7 Å². The van der Waals surface area contributed by atoms with Crippen molar-refractivity contribution in [1.29, 1.82) is 0 Å². The lowest BCUT2D eigenvalue weighted by Gasteiger charge is -2.13. The van der Waals surface area contributed by atoms with Gasteiger partial charge in [0.15, 0.2) is 12.4 Å². The number of anilines is 1. The van der Waals surface area contributed by atoms with Gasteiger partial charge in [0.05, 0.1) is 9.82 Å². The molecule has 0 saturated carbocycles. The van der Waals surface area contributed by atoms with Crippen LogP contribution in [0.3, 0.4) is 0 Å². The quantitative estimate of drug-likeness (QED) is 0.262. The van der Waals surface area contributed by atoms with Crippen molar-refractivity contribution in [2.45, 2.75) is 4.90 Å². The van der Waals surface area contributed by atoms with E-state index in [1.165, 1.54) is 41.3 Å². The van der Waals surface area contributed by atoms with E-state index >= 15 is 0 Å². The number of nitrogens with one attached hydrogen (secondary N) is 1. The molecule has 2 rings (SSSR count). The summed E-state index contributed by atoms with van der Waals surface area (Å²) in [6, 6.07) is 9.30. The number of benzene rings is 2. The molecule has 0 unspecified atom stereocenters. The van der Waals surface area contributed by atoms with Crippen LogP contribution in [0.4, 0.5) is 11.4 Å². The van der Waals surface area contributed by atoms with Crippen molar-refractivity contribution in [3.05, 3.63) is 63.2 Å². The minimum absolute atomic E-state index is 0.221. The minimum atomic E-state index is -4.22. The van der Waals surface area contributed by atoms with E-state index in [4.69, 9.17) is 16.3 Å². The molecule has 160 valence electrons. The number of hydrogen-bond acceptors (Lipinski definition) is 8. The lowest BCUT2D eigenvalue weighted by molar-refractivity contribution is -0.384. The van der Waals surface area contributed by atoms with E-state index in [9.17, 15) is 28.1 Å². The average molecular weight is 456 g/mol. The van der Waals surface area contributed by atoms with E-state index in [-0.39, 0.29) is 16.1 Å². The largest absolute Gasteiger partial charge is 0.456 e. The summed E-state index contributed by atoms with van der Waals surface area (Å²) in [7, 11) is -1.06. The molecule has 0 saturated heterocycles. The van der Waals surface area contributed by atoms with Crippen LogP contribution in [-0.2, 0) is 19.6 Å². The van der Waals surface area contributed by atoms with E-state index in [1.54, 1.807) is 14.1 Å². The molecule has 0 bridgehead atoms. The summed E-state index contributed by atoms with van der Waals surface area (Å²) in [6.07, 6.45) is 0. The van der Waals surface area contributed by atoms with Gasteiger partial charge < -0.3 is 9.64 Å². The number of esters is 1. The van der Waals surface area contributed by atoms with Crippen molar-refractivity contribution in [1.82, 2.24) is 4.72 Å². The topological polar surface area (TPSA) is 136 Å². The predicted octanol–water partition coefficient (Wildman–Crippen LogP) is 2.02. The molecule has 0 amide bonds. The number of nitrogens with zero attached hydrogens (tertiary/aromatic N) is 2. The van der Waals surface area contributed by atoms with E-state index in [0.29, 0.717) is 5.02 Å². The first-order chi connectivity index (χ1) is 14.0. The Morgan fingerprint density at radius 2 is 1.80 bits per heavy atom. The maximum Gasteiger partial charge on any atom is 0.321 e. The maximum absolute atomic E-state index is 12.3. The second kappa shape index (κ2) is 9.65. The zero-order valence-corrected chi connectivity index (χ0v) is 17.6. The van der Waals surface area contributed by atoms with Crippen LogP contribution in [-0.4, -0.2) is 52.3 Å². The normalized spacial score (nSPS) is 11.0. The second-order valence-corrected chi connectivity index (χ2v) is 8.42. The molecule has 0 fully saturated rings. The Kier molecular flexibility index (Phi) is 7.48. The fraction of sp³-hybridized carbons (Fsp3) is 0.222.